The highest BCUT2D eigenvalue weighted by Crippen LogP contribution is 2.26. The number of imidazole rings is 1. The van der Waals surface area contributed by atoms with E-state index in [2.05, 4.69) is 32.9 Å². The van der Waals surface area contributed by atoms with Crippen LogP contribution in [0.3, 0.4) is 0 Å². The summed E-state index contributed by atoms with van der Waals surface area (Å²) >= 11 is 8.40. The van der Waals surface area contributed by atoms with Gasteiger partial charge in [0, 0.05) is 29.6 Å². The Balaban J connectivity index is 2.15. The second kappa shape index (κ2) is 6.40. The molecule has 0 spiro atoms. The molecule has 4 nitrogen and oxygen atoms in total. The maximum absolute atomic E-state index is 6.17. The largest absolute Gasteiger partial charge is 0.383 e. The first-order chi connectivity index (χ1) is 8.70. The topological polar surface area (TPSA) is 39.1 Å². The van der Waals surface area contributed by atoms with Gasteiger partial charge in [0.1, 0.15) is 0 Å². The van der Waals surface area contributed by atoms with Crippen LogP contribution in [-0.2, 0) is 11.3 Å². The Kier molecular flexibility index (Phi) is 4.85. The van der Waals surface area contributed by atoms with Crippen LogP contribution in [0.15, 0.2) is 30.6 Å². The normalized spacial score (nSPS) is 10.6. The Bertz CT molecular complexity index is 530. The molecule has 0 amide bonds. The molecule has 6 heteroatoms. The Morgan fingerprint density at radius 1 is 1.50 bits per heavy atom. The lowest BCUT2D eigenvalue weighted by atomic mass is 10.3. The molecule has 0 saturated carbocycles. The van der Waals surface area contributed by atoms with Crippen molar-refractivity contribution < 1.29 is 4.74 Å². The van der Waals surface area contributed by atoms with Gasteiger partial charge in [-0.3, -0.25) is 0 Å². The molecule has 1 aromatic carbocycles. The lowest BCUT2D eigenvalue weighted by Gasteiger charge is -2.10. The standard InChI is InChI=1S/C12H13ClIN3O/c1-18-7-6-17-5-4-15-12(17)16-11-3-2-9(14)8-10(11)13/h2-5,8H,6-7H2,1H3,(H,15,16). The lowest BCUT2D eigenvalue weighted by Crippen LogP contribution is -2.07. The molecule has 0 radical (unpaired) electrons. The van der Waals surface area contributed by atoms with Crippen molar-refractivity contribution in [1.82, 2.24) is 9.55 Å². The smallest absolute Gasteiger partial charge is 0.207 e. The highest BCUT2D eigenvalue weighted by Gasteiger charge is 2.06. The molecule has 96 valence electrons. The van der Waals surface area contributed by atoms with Gasteiger partial charge in [-0.2, -0.15) is 0 Å². The summed E-state index contributed by atoms with van der Waals surface area (Å²) < 4.78 is 8.14. The van der Waals surface area contributed by atoms with Gasteiger partial charge in [-0.25, -0.2) is 4.98 Å². The van der Waals surface area contributed by atoms with Crippen LogP contribution in [0.5, 0.6) is 0 Å². The zero-order valence-electron chi connectivity index (χ0n) is 9.86. The zero-order valence-corrected chi connectivity index (χ0v) is 12.8. The molecule has 0 aliphatic heterocycles. The van der Waals surface area contributed by atoms with Gasteiger partial charge >= 0.3 is 0 Å². The maximum atomic E-state index is 6.17. The number of aromatic nitrogens is 2. The third-order valence-corrected chi connectivity index (χ3v) is 3.41. The summed E-state index contributed by atoms with van der Waals surface area (Å²) in [5.74, 6) is 0.759. The van der Waals surface area contributed by atoms with E-state index in [0.717, 1.165) is 21.8 Å². The first-order valence-corrected chi connectivity index (χ1v) is 6.88. The van der Waals surface area contributed by atoms with Gasteiger partial charge in [0.25, 0.3) is 0 Å². The van der Waals surface area contributed by atoms with Gasteiger partial charge in [-0.05, 0) is 40.8 Å². The van der Waals surface area contributed by atoms with E-state index in [1.165, 1.54) is 0 Å². The fourth-order valence-electron chi connectivity index (χ4n) is 1.51. The second-order valence-electron chi connectivity index (χ2n) is 3.69. The molecule has 0 aliphatic rings. The predicted octanol–water partition coefficient (Wildman–Crippen LogP) is 3.53. The SMILES string of the molecule is COCCn1ccnc1Nc1ccc(I)cc1Cl. The van der Waals surface area contributed by atoms with Crippen molar-refractivity contribution in [1.29, 1.82) is 0 Å². The van der Waals surface area contributed by atoms with Gasteiger partial charge in [0.2, 0.25) is 5.95 Å². The zero-order chi connectivity index (χ0) is 13.0. The first-order valence-electron chi connectivity index (χ1n) is 5.43. The highest BCUT2D eigenvalue weighted by molar-refractivity contribution is 14.1. The number of hydrogen-bond acceptors (Lipinski definition) is 3. The van der Waals surface area contributed by atoms with Crippen LogP contribution >= 0.6 is 34.2 Å². The van der Waals surface area contributed by atoms with Crippen molar-refractivity contribution in [2.75, 3.05) is 19.0 Å². The van der Waals surface area contributed by atoms with Crippen LogP contribution in [-0.4, -0.2) is 23.3 Å². The Morgan fingerprint density at radius 2 is 2.33 bits per heavy atom. The fourth-order valence-corrected chi connectivity index (χ4v) is 2.42. The van der Waals surface area contributed by atoms with Crippen molar-refractivity contribution in [3.8, 4) is 0 Å². The van der Waals surface area contributed by atoms with Crippen molar-refractivity contribution in [2.45, 2.75) is 6.54 Å². The third-order valence-electron chi connectivity index (χ3n) is 2.43. The minimum Gasteiger partial charge on any atom is -0.383 e. The molecule has 0 atom stereocenters. The Labute approximate surface area is 124 Å². The third kappa shape index (κ3) is 3.37. The number of methoxy groups -OCH3 is 1. The van der Waals surface area contributed by atoms with E-state index in [9.17, 15) is 0 Å². The van der Waals surface area contributed by atoms with Crippen LogP contribution < -0.4 is 5.32 Å². The number of benzene rings is 1. The number of hydrogen-bond donors (Lipinski definition) is 1. The molecule has 0 bridgehead atoms. The molecule has 0 unspecified atom stereocenters. The minimum atomic E-state index is 0.644. The first kappa shape index (κ1) is 13.6. The molecule has 0 aliphatic carbocycles. The summed E-state index contributed by atoms with van der Waals surface area (Å²) in [7, 11) is 1.68. The summed E-state index contributed by atoms with van der Waals surface area (Å²) in [6, 6.07) is 5.85. The van der Waals surface area contributed by atoms with Gasteiger partial charge in [-0.1, -0.05) is 11.6 Å². The van der Waals surface area contributed by atoms with E-state index < -0.39 is 0 Å². The summed E-state index contributed by atoms with van der Waals surface area (Å²) in [5.41, 5.74) is 0.849. The van der Waals surface area contributed by atoms with E-state index in [1.54, 1.807) is 13.3 Å². The predicted molar refractivity (Wildman–Crippen MR) is 81.6 cm³/mol. The van der Waals surface area contributed by atoms with Crippen LogP contribution in [0.1, 0.15) is 0 Å². The van der Waals surface area contributed by atoms with Gasteiger partial charge in [-0.15, -0.1) is 0 Å². The molecule has 1 aromatic heterocycles. The summed E-state index contributed by atoms with van der Waals surface area (Å²) in [4.78, 5) is 4.26. The summed E-state index contributed by atoms with van der Waals surface area (Å²) in [5, 5.41) is 3.90. The fraction of sp³-hybridized carbons (Fsp3) is 0.250. The number of rotatable bonds is 5. The molecule has 0 fully saturated rings. The lowest BCUT2D eigenvalue weighted by molar-refractivity contribution is 0.188. The molecular formula is C12H13ClIN3O. The van der Waals surface area contributed by atoms with Crippen LogP contribution in [0, 0.1) is 3.57 Å². The molecule has 2 rings (SSSR count). The maximum Gasteiger partial charge on any atom is 0.207 e. The van der Waals surface area contributed by atoms with E-state index in [1.807, 2.05) is 29.0 Å². The molecule has 0 saturated heterocycles. The summed E-state index contributed by atoms with van der Waals surface area (Å²) in [6.07, 6.45) is 3.65. The van der Waals surface area contributed by atoms with Gasteiger partial charge < -0.3 is 14.6 Å². The average Bonchev–Trinajstić information content (AvgIpc) is 2.77. The summed E-state index contributed by atoms with van der Waals surface area (Å²) in [6.45, 7) is 1.40. The van der Waals surface area contributed by atoms with E-state index >= 15 is 0 Å². The quantitative estimate of drug-likeness (QED) is 0.810. The highest BCUT2D eigenvalue weighted by atomic mass is 127. The van der Waals surface area contributed by atoms with Crippen molar-refractivity contribution in [3.63, 3.8) is 0 Å². The van der Waals surface area contributed by atoms with E-state index in [-0.39, 0.29) is 0 Å². The van der Waals surface area contributed by atoms with Crippen molar-refractivity contribution in [2.24, 2.45) is 0 Å². The molecule has 18 heavy (non-hydrogen) atoms. The monoisotopic (exact) mass is 377 g/mol. The van der Waals surface area contributed by atoms with Crippen molar-refractivity contribution in [3.05, 3.63) is 39.2 Å². The molecule has 1 N–H and O–H groups in total. The number of nitrogens with one attached hydrogen (secondary N) is 1. The van der Waals surface area contributed by atoms with Crippen LogP contribution in [0.2, 0.25) is 5.02 Å². The Hall–Kier alpha value is -0.790. The molecule has 1 heterocycles. The molecule has 2 aromatic rings. The minimum absolute atomic E-state index is 0.644. The van der Waals surface area contributed by atoms with Crippen LogP contribution in [0.25, 0.3) is 0 Å². The number of nitrogens with zero attached hydrogens (tertiary/aromatic N) is 2. The average molecular weight is 378 g/mol. The van der Waals surface area contributed by atoms with Gasteiger partial charge in [0.05, 0.1) is 17.3 Å². The number of halogens is 2. The number of ether oxygens (including phenoxy) is 1. The van der Waals surface area contributed by atoms with Gasteiger partial charge in [0.15, 0.2) is 0 Å². The van der Waals surface area contributed by atoms with E-state index in [4.69, 9.17) is 16.3 Å². The number of anilines is 2. The van der Waals surface area contributed by atoms with Crippen LogP contribution in [0.4, 0.5) is 11.6 Å². The van der Waals surface area contributed by atoms with Crippen molar-refractivity contribution >= 4 is 45.8 Å². The second-order valence-corrected chi connectivity index (χ2v) is 5.34. The molecular weight excluding hydrogens is 365 g/mol. The Morgan fingerprint density at radius 3 is 3.06 bits per heavy atom. The van der Waals surface area contributed by atoms with E-state index in [0.29, 0.717) is 11.6 Å².